The molecule has 1 aromatic rings. The second-order valence-electron chi connectivity index (χ2n) is 3.45. The van der Waals surface area contributed by atoms with E-state index in [1.807, 2.05) is 0 Å². The van der Waals surface area contributed by atoms with Gasteiger partial charge < -0.3 is 5.11 Å². The van der Waals surface area contributed by atoms with E-state index in [2.05, 4.69) is 0 Å². The zero-order valence-electron chi connectivity index (χ0n) is 9.47. The number of aromatic hydroxyl groups is 1. The molecule has 0 aliphatic rings. The standard InChI is InChI=1S/C10H12N2O5/c1-3-6-5-8(13)10(12(16)17)7(4-2)9(6)11(14)15/h5,13H,3-4H2,1-2H3. The minimum absolute atomic E-state index is 0.0307. The van der Waals surface area contributed by atoms with Crippen molar-refractivity contribution in [1.29, 1.82) is 0 Å². The van der Waals surface area contributed by atoms with Gasteiger partial charge in [-0.2, -0.15) is 0 Å². The summed E-state index contributed by atoms with van der Waals surface area (Å²) in [7, 11) is 0. The van der Waals surface area contributed by atoms with Gasteiger partial charge in [-0.25, -0.2) is 0 Å². The summed E-state index contributed by atoms with van der Waals surface area (Å²) < 4.78 is 0. The molecule has 0 spiro atoms. The monoisotopic (exact) mass is 240 g/mol. The molecule has 0 atom stereocenters. The number of phenolic OH excluding ortho intramolecular Hbond substituents is 1. The lowest BCUT2D eigenvalue weighted by Gasteiger charge is -2.07. The van der Waals surface area contributed by atoms with Crippen LogP contribution in [0.3, 0.4) is 0 Å². The topological polar surface area (TPSA) is 107 Å². The van der Waals surface area contributed by atoms with E-state index in [1.54, 1.807) is 13.8 Å². The van der Waals surface area contributed by atoms with Gasteiger partial charge in [-0.15, -0.1) is 0 Å². The number of nitro benzene ring substituents is 2. The molecule has 0 aliphatic heterocycles. The van der Waals surface area contributed by atoms with Gasteiger partial charge in [-0.3, -0.25) is 20.2 Å². The summed E-state index contributed by atoms with van der Waals surface area (Å²) >= 11 is 0. The van der Waals surface area contributed by atoms with Gasteiger partial charge in [0.15, 0.2) is 5.75 Å². The Labute approximate surface area is 97.0 Å². The molecule has 0 aliphatic carbocycles. The molecular weight excluding hydrogens is 228 g/mol. The second kappa shape index (κ2) is 4.77. The highest BCUT2D eigenvalue weighted by atomic mass is 16.6. The van der Waals surface area contributed by atoms with Crippen molar-refractivity contribution in [3.8, 4) is 5.75 Å². The van der Waals surface area contributed by atoms with Crippen LogP contribution in [0.5, 0.6) is 5.75 Å². The van der Waals surface area contributed by atoms with Gasteiger partial charge in [0.1, 0.15) is 5.56 Å². The Morgan fingerprint density at radius 3 is 2.00 bits per heavy atom. The van der Waals surface area contributed by atoms with E-state index >= 15 is 0 Å². The summed E-state index contributed by atoms with van der Waals surface area (Å²) in [4.78, 5) is 20.3. The predicted octanol–water partition coefficient (Wildman–Crippen LogP) is 2.33. The van der Waals surface area contributed by atoms with E-state index in [4.69, 9.17) is 0 Å². The van der Waals surface area contributed by atoms with Gasteiger partial charge in [0.05, 0.1) is 9.85 Å². The molecule has 0 bridgehead atoms. The number of rotatable bonds is 4. The number of hydrogen-bond acceptors (Lipinski definition) is 5. The van der Waals surface area contributed by atoms with Crippen molar-refractivity contribution < 1.29 is 15.0 Å². The van der Waals surface area contributed by atoms with Crippen molar-refractivity contribution in [2.45, 2.75) is 26.7 Å². The van der Waals surface area contributed by atoms with Crippen LogP contribution in [-0.2, 0) is 12.8 Å². The van der Waals surface area contributed by atoms with Crippen LogP contribution in [0.25, 0.3) is 0 Å². The predicted molar refractivity (Wildman–Crippen MR) is 60.2 cm³/mol. The van der Waals surface area contributed by atoms with Crippen molar-refractivity contribution in [3.05, 3.63) is 37.4 Å². The fourth-order valence-electron chi connectivity index (χ4n) is 1.80. The highest BCUT2D eigenvalue weighted by Crippen LogP contribution is 2.39. The highest BCUT2D eigenvalue weighted by Gasteiger charge is 2.30. The Morgan fingerprint density at radius 2 is 1.65 bits per heavy atom. The largest absolute Gasteiger partial charge is 0.502 e. The maximum Gasteiger partial charge on any atom is 0.320 e. The fourth-order valence-corrected chi connectivity index (χ4v) is 1.80. The quantitative estimate of drug-likeness (QED) is 0.642. The van der Waals surface area contributed by atoms with Crippen molar-refractivity contribution >= 4 is 11.4 Å². The zero-order valence-corrected chi connectivity index (χ0v) is 9.47. The minimum Gasteiger partial charge on any atom is -0.502 e. The lowest BCUT2D eigenvalue weighted by Crippen LogP contribution is -2.04. The zero-order chi connectivity index (χ0) is 13.2. The van der Waals surface area contributed by atoms with Crippen molar-refractivity contribution in [3.63, 3.8) is 0 Å². The molecule has 0 amide bonds. The third-order valence-corrected chi connectivity index (χ3v) is 2.53. The fraction of sp³-hybridized carbons (Fsp3) is 0.400. The van der Waals surface area contributed by atoms with Crippen LogP contribution in [0.2, 0.25) is 0 Å². The molecule has 1 aromatic carbocycles. The van der Waals surface area contributed by atoms with Crippen LogP contribution in [-0.4, -0.2) is 15.0 Å². The van der Waals surface area contributed by atoms with E-state index < -0.39 is 21.3 Å². The molecule has 7 heteroatoms. The SMILES string of the molecule is CCc1cc(O)c([N+](=O)[O-])c(CC)c1[N+](=O)[O-]. The third kappa shape index (κ3) is 2.17. The molecule has 0 aromatic heterocycles. The van der Waals surface area contributed by atoms with Gasteiger partial charge in [0, 0.05) is 5.56 Å². The first-order valence-corrected chi connectivity index (χ1v) is 5.10. The lowest BCUT2D eigenvalue weighted by atomic mass is 10.0. The Kier molecular flexibility index (Phi) is 3.62. The van der Waals surface area contributed by atoms with Crippen LogP contribution < -0.4 is 0 Å². The van der Waals surface area contributed by atoms with Crippen molar-refractivity contribution in [2.75, 3.05) is 0 Å². The van der Waals surface area contributed by atoms with E-state index in [0.717, 1.165) is 6.07 Å². The first-order chi connectivity index (χ1) is 7.93. The van der Waals surface area contributed by atoms with E-state index in [0.29, 0.717) is 12.0 Å². The Hall–Kier alpha value is -2.18. The van der Waals surface area contributed by atoms with Crippen LogP contribution in [0.15, 0.2) is 6.07 Å². The average molecular weight is 240 g/mol. The summed E-state index contributed by atoms with van der Waals surface area (Å²) in [5.74, 6) is -0.519. The molecule has 0 unspecified atom stereocenters. The van der Waals surface area contributed by atoms with Gasteiger partial charge >= 0.3 is 5.69 Å². The Balaban J connectivity index is 3.71. The number of nitrogens with zero attached hydrogens (tertiary/aromatic N) is 2. The minimum atomic E-state index is -0.791. The molecule has 0 saturated carbocycles. The Bertz CT molecular complexity index is 484. The summed E-state index contributed by atoms with van der Waals surface area (Å²) in [6, 6.07) is 1.09. The number of benzene rings is 1. The molecule has 17 heavy (non-hydrogen) atoms. The van der Waals surface area contributed by atoms with Gasteiger partial charge in [0.2, 0.25) is 0 Å². The van der Waals surface area contributed by atoms with Crippen LogP contribution in [0.1, 0.15) is 25.0 Å². The molecule has 92 valence electrons. The number of aryl methyl sites for hydroxylation is 1. The smallest absolute Gasteiger partial charge is 0.320 e. The van der Waals surface area contributed by atoms with Gasteiger partial charge in [-0.1, -0.05) is 13.8 Å². The molecular formula is C10H12N2O5. The molecule has 1 rings (SSSR count). The number of phenols is 1. The van der Waals surface area contributed by atoms with Gasteiger partial charge in [-0.05, 0) is 18.9 Å². The first-order valence-electron chi connectivity index (χ1n) is 5.10. The normalized spacial score (nSPS) is 10.2. The molecule has 7 nitrogen and oxygen atoms in total. The molecule has 1 N–H and O–H groups in total. The highest BCUT2D eigenvalue weighted by molar-refractivity contribution is 5.65. The number of hydrogen-bond donors (Lipinski definition) is 1. The summed E-state index contributed by atoms with van der Waals surface area (Å²) in [5, 5.41) is 31.3. The maximum atomic E-state index is 10.9. The second-order valence-corrected chi connectivity index (χ2v) is 3.45. The molecule has 0 fully saturated rings. The Morgan fingerprint density at radius 1 is 1.12 bits per heavy atom. The average Bonchev–Trinajstić information content (AvgIpc) is 2.25. The summed E-state index contributed by atoms with van der Waals surface area (Å²) in [6.07, 6.45) is 0.447. The van der Waals surface area contributed by atoms with E-state index in [9.17, 15) is 25.3 Å². The molecule has 0 radical (unpaired) electrons. The maximum absolute atomic E-state index is 10.9. The summed E-state index contributed by atoms with van der Waals surface area (Å²) in [6.45, 7) is 3.27. The lowest BCUT2D eigenvalue weighted by molar-refractivity contribution is -0.396. The van der Waals surface area contributed by atoms with Crippen LogP contribution in [0.4, 0.5) is 11.4 Å². The molecule has 0 saturated heterocycles. The molecule has 0 heterocycles. The van der Waals surface area contributed by atoms with Crippen LogP contribution in [0, 0.1) is 20.2 Å². The van der Waals surface area contributed by atoms with Crippen molar-refractivity contribution in [2.24, 2.45) is 0 Å². The first kappa shape index (κ1) is 12.9. The van der Waals surface area contributed by atoms with E-state index in [-0.39, 0.29) is 17.7 Å². The van der Waals surface area contributed by atoms with Crippen LogP contribution >= 0.6 is 0 Å². The van der Waals surface area contributed by atoms with Gasteiger partial charge in [0.25, 0.3) is 5.69 Å². The van der Waals surface area contributed by atoms with E-state index in [1.165, 1.54) is 0 Å². The summed E-state index contributed by atoms with van der Waals surface area (Å²) in [5.41, 5.74) is -0.567. The third-order valence-electron chi connectivity index (χ3n) is 2.53. The number of nitro groups is 2. The van der Waals surface area contributed by atoms with Crippen molar-refractivity contribution in [1.82, 2.24) is 0 Å².